The van der Waals surface area contributed by atoms with Gasteiger partial charge in [0.1, 0.15) is 6.17 Å². The second-order valence-corrected chi connectivity index (χ2v) is 8.77. The summed E-state index contributed by atoms with van der Waals surface area (Å²) in [7, 11) is 0. The first-order valence-electron chi connectivity index (χ1n) is 8.95. The van der Waals surface area contributed by atoms with E-state index in [1.807, 2.05) is 47.5 Å². The number of aromatic nitrogens is 2. The van der Waals surface area contributed by atoms with Crippen molar-refractivity contribution in [3.63, 3.8) is 0 Å². The molecule has 0 saturated carbocycles. The highest BCUT2D eigenvalue weighted by Gasteiger charge is 2.34. The number of anilines is 1. The van der Waals surface area contributed by atoms with Crippen molar-refractivity contribution in [2.45, 2.75) is 38.9 Å². The molecule has 0 saturated heterocycles. The number of para-hydroxylation sites is 1. The fourth-order valence-corrected chi connectivity index (χ4v) is 4.17. The number of carbonyl (C=O) groups excluding carboxylic acids is 1. The number of pyridine rings is 1. The van der Waals surface area contributed by atoms with E-state index in [-0.39, 0.29) is 17.5 Å². The third-order valence-electron chi connectivity index (χ3n) is 4.53. The molecule has 0 bridgehead atoms. The highest BCUT2D eigenvalue weighted by atomic mass is 32.1. The molecule has 1 atom stereocenters. The number of fused-ring (bicyclic) bond motifs is 1. The molecule has 1 aliphatic heterocycles. The summed E-state index contributed by atoms with van der Waals surface area (Å²) >= 11 is 1.65. The van der Waals surface area contributed by atoms with E-state index in [1.54, 1.807) is 23.7 Å². The van der Waals surface area contributed by atoms with Crippen LogP contribution in [0.25, 0.3) is 0 Å². The SMILES string of the molecule is CC(C)(C)c1ncc([C@@H]2Nc3ccccc3C(=O)N2Cc2cccnc2)s1. The summed E-state index contributed by atoms with van der Waals surface area (Å²) in [5.74, 6) is 0.0175. The summed E-state index contributed by atoms with van der Waals surface area (Å²) in [4.78, 5) is 25.0. The molecule has 5 nitrogen and oxygen atoms in total. The maximum Gasteiger partial charge on any atom is 0.258 e. The fourth-order valence-electron chi connectivity index (χ4n) is 3.13. The van der Waals surface area contributed by atoms with Crippen LogP contribution in [0.5, 0.6) is 0 Å². The Morgan fingerprint density at radius 2 is 1.96 bits per heavy atom. The van der Waals surface area contributed by atoms with E-state index in [1.165, 1.54) is 0 Å². The third-order valence-corrected chi connectivity index (χ3v) is 6.01. The van der Waals surface area contributed by atoms with E-state index in [4.69, 9.17) is 0 Å². The number of benzene rings is 1. The molecule has 0 radical (unpaired) electrons. The normalized spacial score (nSPS) is 16.8. The zero-order chi connectivity index (χ0) is 19.0. The van der Waals surface area contributed by atoms with Gasteiger partial charge in [0, 0.05) is 36.2 Å². The summed E-state index contributed by atoms with van der Waals surface area (Å²) in [6, 6.07) is 11.5. The van der Waals surface area contributed by atoms with Crippen LogP contribution in [0.1, 0.15) is 52.7 Å². The number of thiazole rings is 1. The Morgan fingerprint density at radius 3 is 2.67 bits per heavy atom. The number of rotatable bonds is 3. The smallest absolute Gasteiger partial charge is 0.258 e. The number of hydrogen-bond acceptors (Lipinski definition) is 5. The molecule has 1 N–H and O–H groups in total. The molecular formula is C21H22N4OS. The minimum absolute atomic E-state index is 0.0175. The van der Waals surface area contributed by atoms with Gasteiger partial charge < -0.3 is 10.2 Å². The molecule has 138 valence electrons. The molecule has 0 aliphatic carbocycles. The molecule has 1 amide bonds. The summed E-state index contributed by atoms with van der Waals surface area (Å²) in [6.45, 7) is 6.94. The summed E-state index contributed by atoms with van der Waals surface area (Å²) < 4.78 is 0. The van der Waals surface area contributed by atoms with Crippen molar-refractivity contribution in [1.82, 2.24) is 14.9 Å². The van der Waals surface area contributed by atoms with Crippen molar-refractivity contribution in [2.24, 2.45) is 0 Å². The monoisotopic (exact) mass is 378 g/mol. The lowest BCUT2D eigenvalue weighted by Crippen LogP contribution is -2.42. The molecule has 3 heterocycles. The predicted molar refractivity (Wildman–Crippen MR) is 108 cm³/mol. The predicted octanol–water partition coefficient (Wildman–Crippen LogP) is 4.60. The molecule has 6 heteroatoms. The Labute approximate surface area is 163 Å². The molecule has 3 aromatic rings. The first-order valence-corrected chi connectivity index (χ1v) is 9.77. The standard InChI is InChI=1S/C21H22N4OS/c1-21(2,3)20-23-12-17(27-20)18-24-16-9-5-4-8-15(16)19(26)25(18)13-14-7-6-10-22-11-14/h4-12,18,24H,13H2,1-3H3/t18-/m1/s1. The lowest BCUT2D eigenvalue weighted by molar-refractivity contribution is 0.0669. The van der Waals surface area contributed by atoms with Crippen molar-refractivity contribution < 1.29 is 4.79 Å². The Kier molecular flexibility index (Phi) is 4.44. The van der Waals surface area contributed by atoms with Crippen LogP contribution in [-0.2, 0) is 12.0 Å². The molecule has 4 rings (SSSR count). The lowest BCUT2D eigenvalue weighted by Gasteiger charge is -2.37. The molecular weight excluding hydrogens is 356 g/mol. The van der Waals surface area contributed by atoms with E-state index in [0.29, 0.717) is 12.1 Å². The largest absolute Gasteiger partial charge is 0.360 e. The van der Waals surface area contributed by atoms with Gasteiger partial charge >= 0.3 is 0 Å². The van der Waals surface area contributed by atoms with Crippen molar-refractivity contribution in [3.8, 4) is 0 Å². The zero-order valence-corrected chi connectivity index (χ0v) is 16.5. The van der Waals surface area contributed by atoms with Crippen LogP contribution in [0, 0.1) is 0 Å². The van der Waals surface area contributed by atoms with Gasteiger partial charge in [-0.2, -0.15) is 0 Å². The molecule has 2 aromatic heterocycles. The van der Waals surface area contributed by atoms with Crippen LogP contribution in [-0.4, -0.2) is 20.8 Å². The van der Waals surface area contributed by atoms with E-state index >= 15 is 0 Å². The Balaban J connectivity index is 1.74. The second kappa shape index (κ2) is 6.78. The summed E-state index contributed by atoms with van der Waals surface area (Å²) in [5, 5.41) is 4.60. The number of nitrogens with one attached hydrogen (secondary N) is 1. The zero-order valence-electron chi connectivity index (χ0n) is 15.6. The van der Waals surface area contributed by atoms with Crippen molar-refractivity contribution in [3.05, 3.63) is 76.0 Å². The summed E-state index contributed by atoms with van der Waals surface area (Å²) in [6.07, 6.45) is 5.19. The van der Waals surface area contributed by atoms with Crippen molar-refractivity contribution in [1.29, 1.82) is 0 Å². The van der Waals surface area contributed by atoms with Crippen LogP contribution >= 0.6 is 11.3 Å². The van der Waals surface area contributed by atoms with E-state index in [2.05, 4.69) is 36.1 Å². The molecule has 0 fully saturated rings. The van der Waals surface area contributed by atoms with E-state index < -0.39 is 0 Å². The number of nitrogens with zero attached hydrogens (tertiary/aromatic N) is 3. The van der Waals surface area contributed by atoms with Gasteiger partial charge in [0.2, 0.25) is 0 Å². The fraction of sp³-hybridized carbons (Fsp3) is 0.286. The van der Waals surface area contributed by atoms with Gasteiger partial charge in [-0.1, -0.05) is 39.0 Å². The average Bonchev–Trinajstić information content (AvgIpc) is 3.15. The van der Waals surface area contributed by atoms with Crippen LogP contribution in [0.2, 0.25) is 0 Å². The Hall–Kier alpha value is -2.73. The van der Waals surface area contributed by atoms with Crippen LogP contribution in [0.15, 0.2) is 55.0 Å². The van der Waals surface area contributed by atoms with Gasteiger partial charge in [0.05, 0.1) is 15.4 Å². The molecule has 0 spiro atoms. The quantitative estimate of drug-likeness (QED) is 0.723. The molecule has 1 aromatic carbocycles. The first-order chi connectivity index (χ1) is 12.9. The van der Waals surface area contributed by atoms with Gasteiger partial charge in [-0.25, -0.2) is 4.98 Å². The van der Waals surface area contributed by atoms with Gasteiger partial charge in [-0.3, -0.25) is 9.78 Å². The lowest BCUT2D eigenvalue weighted by atomic mass is 9.98. The topological polar surface area (TPSA) is 58.1 Å². The Bertz CT molecular complexity index is 962. The van der Waals surface area contributed by atoms with Gasteiger partial charge in [0.15, 0.2) is 0 Å². The van der Waals surface area contributed by atoms with Crippen LogP contribution in [0.3, 0.4) is 0 Å². The summed E-state index contributed by atoms with van der Waals surface area (Å²) in [5.41, 5.74) is 2.53. The van der Waals surface area contributed by atoms with Crippen LogP contribution < -0.4 is 5.32 Å². The number of carbonyl (C=O) groups is 1. The van der Waals surface area contributed by atoms with Crippen molar-refractivity contribution >= 4 is 22.9 Å². The molecule has 1 aliphatic rings. The molecule has 27 heavy (non-hydrogen) atoms. The second-order valence-electron chi connectivity index (χ2n) is 7.70. The van der Waals surface area contributed by atoms with Gasteiger partial charge in [-0.15, -0.1) is 11.3 Å². The van der Waals surface area contributed by atoms with E-state index in [9.17, 15) is 4.79 Å². The first kappa shape index (κ1) is 17.7. The average molecular weight is 379 g/mol. The highest BCUT2D eigenvalue weighted by molar-refractivity contribution is 7.11. The number of amides is 1. The van der Waals surface area contributed by atoms with Gasteiger partial charge in [0.25, 0.3) is 5.91 Å². The van der Waals surface area contributed by atoms with E-state index in [0.717, 1.165) is 21.1 Å². The number of hydrogen-bond donors (Lipinski definition) is 1. The Morgan fingerprint density at radius 1 is 1.15 bits per heavy atom. The third kappa shape index (κ3) is 3.45. The van der Waals surface area contributed by atoms with Gasteiger partial charge in [-0.05, 0) is 23.8 Å². The molecule has 0 unspecified atom stereocenters. The maximum atomic E-state index is 13.3. The van der Waals surface area contributed by atoms with Crippen molar-refractivity contribution in [2.75, 3.05) is 5.32 Å². The minimum Gasteiger partial charge on any atom is -0.360 e. The minimum atomic E-state index is -0.249. The maximum absolute atomic E-state index is 13.3. The highest BCUT2D eigenvalue weighted by Crippen LogP contribution is 2.38. The van der Waals surface area contributed by atoms with Crippen LogP contribution in [0.4, 0.5) is 5.69 Å².